The minimum Gasteiger partial charge on any atom is -0.497 e. The summed E-state index contributed by atoms with van der Waals surface area (Å²) < 4.78 is 48.6. The first-order chi connectivity index (χ1) is 19.4. The monoisotopic (exact) mass is 584 g/mol. The van der Waals surface area contributed by atoms with Crippen molar-refractivity contribution in [1.29, 1.82) is 0 Å². The maximum Gasteiger partial charge on any atom is 0.304 e. The number of nitrogens with zero attached hydrogens (tertiary/aromatic N) is 3. The van der Waals surface area contributed by atoms with Crippen LogP contribution in [0.3, 0.4) is 0 Å². The quantitative estimate of drug-likeness (QED) is 0.331. The molecule has 0 aliphatic carbocycles. The van der Waals surface area contributed by atoms with Crippen LogP contribution >= 0.6 is 0 Å². The largest absolute Gasteiger partial charge is 0.497 e. The van der Waals surface area contributed by atoms with E-state index in [1.54, 1.807) is 24.3 Å². The fourth-order valence-electron chi connectivity index (χ4n) is 4.26. The number of carbonyl (C=O) groups is 2. The molecule has 2 amide bonds. The maximum atomic E-state index is 14.9. The van der Waals surface area contributed by atoms with Gasteiger partial charge in [0.1, 0.15) is 24.2 Å². The zero-order chi connectivity index (χ0) is 30.2. The number of amides is 2. The maximum absolute atomic E-state index is 14.9. The first kappa shape index (κ1) is 31.6. The van der Waals surface area contributed by atoms with Crippen molar-refractivity contribution in [2.45, 2.75) is 38.9 Å². The van der Waals surface area contributed by atoms with Crippen LogP contribution in [0.5, 0.6) is 5.75 Å². The van der Waals surface area contributed by atoms with E-state index < -0.39 is 40.4 Å². The number of hydrogen-bond acceptors (Lipinski definition) is 5. The van der Waals surface area contributed by atoms with Crippen LogP contribution in [0.4, 0.5) is 10.1 Å². The summed E-state index contributed by atoms with van der Waals surface area (Å²) in [5.41, 5.74) is 1.20. The van der Waals surface area contributed by atoms with Crippen LogP contribution in [0.1, 0.15) is 25.0 Å². The Kier molecular flexibility index (Phi) is 10.8. The van der Waals surface area contributed by atoms with Gasteiger partial charge in [0.2, 0.25) is 11.8 Å². The van der Waals surface area contributed by atoms with Crippen LogP contribution in [0, 0.1) is 5.82 Å². The predicted molar refractivity (Wildman–Crippen MR) is 157 cm³/mol. The van der Waals surface area contributed by atoms with E-state index in [9.17, 15) is 22.4 Å². The number of hydrogen-bond donors (Lipinski definition) is 1. The average Bonchev–Trinajstić information content (AvgIpc) is 2.94. The second-order valence-corrected chi connectivity index (χ2v) is 12.1. The molecule has 0 heterocycles. The summed E-state index contributed by atoms with van der Waals surface area (Å²) in [6.07, 6.45) is 0.176. The fourth-order valence-corrected chi connectivity index (χ4v) is 5.32. The Balaban J connectivity index is 2.12. The van der Waals surface area contributed by atoms with E-state index in [1.807, 2.05) is 44.2 Å². The molecule has 220 valence electrons. The normalized spacial score (nSPS) is 12.2. The Morgan fingerprint density at radius 3 is 2.17 bits per heavy atom. The molecule has 0 aromatic heterocycles. The third-order valence-electron chi connectivity index (χ3n) is 6.33. The van der Waals surface area contributed by atoms with Gasteiger partial charge in [-0.2, -0.15) is 12.7 Å². The van der Waals surface area contributed by atoms with Crippen LogP contribution in [-0.4, -0.2) is 69.3 Å². The molecule has 0 saturated carbocycles. The number of nitrogens with one attached hydrogen (secondary N) is 1. The molecular weight excluding hydrogens is 547 g/mol. The fraction of sp³-hybridized carbons (Fsp3) is 0.333. The van der Waals surface area contributed by atoms with Crippen LogP contribution in [0.15, 0.2) is 78.9 Å². The van der Waals surface area contributed by atoms with Crippen molar-refractivity contribution in [2.75, 3.05) is 32.1 Å². The predicted octanol–water partition coefficient (Wildman–Crippen LogP) is 3.61. The molecule has 0 spiro atoms. The average molecular weight is 585 g/mol. The summed E-state index contributed by atoms with van der Waals surface area (Å²) in [5.74, 6) is -1.32. The summed E-state index contributed by atoms with van der Waals surface area (Å²) in [7, 11) is -0.166. The number of anilines is 1. The molecule has 1 unspecified atom stereocenters. The Morgan fingerprint density at radius 2 is 1.56 bits per heavy atom. The van der Waals surface area contributed by atoms with E-state index in [4.69, 9.17) is 4.74 Å². The van der Waals surface area contributed by atoms with Crippen molar-refractivity contribution in [3.8, 4) is 5.75 Å². The lowest BCUT2D eigenvalue weighted by Crippen LogP contribution is -2.55. The highest BCUT2D eigenvalue weighted by Crippen LogP contribution is 2.25. The van der Waals surface area contributed by atoms with Gasteiger partial charge in [0.15, 0.2) is 0 Å². The molecule has 11 heteroatoms. The Labute approximate surface area is 241 Å². The number of ether oxygens (including phenoxy) is 1. The smallest absolute Gasteiger partial charge is 0.304 e. The molecule has 3 aromatic carbocycles. The van der Waals surface area contributed by atoms with Crippen molar-refractivity contribution < 1.29 is 27.1 Å². The molecule has 3 rings (SSSR count). The van der Waals surface area contributed by atoms with Gasteiger partial charge in [-0.05, 0) is 49.2 Å². The Bertz CT molecular complexity index is 1430. The standard InChI is InChI=1S/C30H37FN4O5S/c1-22(2)32-30(37)28(19-23-12-7-6-8-13-23)34(20-24-14-11-15-25(18-24)40-5)29(36)21-35(41(38,39)33(3)4)27-17-10-9-16-26(27)31/h6-18,22,28H,19-21H2,1-5H3,(H,32,37). The molecule has 41 heavy (non-hydrogen) atoms. The molecule has 0 aliphatic heterocycles. The zero-order valence-corrected chi connectivity index (χ0v) is 24.8. The van der Waals surface area contributed by atoms with E-state index in [2.05, 4.69) is 5.32 Å². The number of benzene rings is 3. The number of carbonyl (C=O) groups excluding carboxylic acids is 2. The van der Waals surface area contributed by atoms with Gasteiger partial charge in [0, 0.05) is 33.1 Å². The van der Waals surface area contributed by atoms with Crippen LogP contribution in [-0.2, 0) is 32.8 Å². The minimum absolute atomic E-state index is 0.0217. The first-order valence-corrected chi connectivity index (χ1v) is 14.5. The van der Waals surface area contributed by atoms with E-state index in [-0.39, 0.29) is 24.7 Å². The number of para-hydroxylation sites is 1. The number of rotatable bonds is 13. The van der Waals surface area contributed by atoms with Gasteiger partial charge in [-0.1, -0.05) is 54.6 Å². The van der Waals surface area contributed by atoms with E-state index in [0.717, 1.165) is 20.2 Å². The van der Waals surface area contributed by atoms with Gasteiger partial charge in [-0.15, -0.1) is 0 Å². The Morgan fingerprint density at radius 1 is 0.927 bits per heavy atom. The van der Waals surface area contributed by atoms with Crippen molar-refractivity contribution in [3.05, 3.63) is 95.8 Å². The van der Waals surface area contributed by atoms with Crippen molar-refractivity contribution in [1.82, 2.24) is 14.5 Å². The molecule has 0 fully saturated rings. The lowest BCUT2D eigenvalue weighted by molar-refractivity contribution is -0.140. The van der Waals surface area contributed by atoms with E-state index in [1.165, 1.54) is 44.3 Å². The van der Waals surface area contributed by atoms with Crippen LogP contribution < -0.4 is 14.4 Å². The summed E-state index contributed by atoms with van der Waals surface area (Å²) in [6.45, 7) is 2.88. The molecule has 0 saturated heterocycles. The second-order valence-electron chi connectivity index (χ2n) is 9.99. The number of methoxy groups -OCH3 is 1. The van der Waals surface area contributed by atoms with Gasteiger partial charge >= 0.3 is 10.2 Å². The third-order valence-corrected chi connectivity index (χ3v) is 8.13. The molecule has 0 bridgehead atoms. The summed E-state index contributed by atoms with van der Waals surface area (Å²) in [5, 5.41) is 2.89. The van der Waals surface area contributed by atoms with Crippen molar-refractivity contribution in [2.24, 2.45) is 0 Å². The van der Waals surface area contributed by atoms with Crippen molar-refractivity contribution in [3.63, 3.8) is 0 Å². The minimum atomic E-state index is -4.29. The zero-order valence-electron chi connectivity index (χ0n) is 24.0. The lowest BCUT2D eigenvalue weighted by atomic mass is 10.0. The van der Waals surface area contributed by atoms with Gasteiger partial charge in [-0.3, -0.25) is 9.59 Å². The summed E-state index contributed by atoms with van der Waals surface area (Å²) in [4.78, 5) is 29.1. The van der Waals surface area contributed by atoms with Gasteiger partial charge in [0.25, 0.3) is 0 Å². The first-order valence-electron chi connectivity index (χ1n) is 13.2. The van der Waals surface area contributed by atoms with Gasteiger partial charge in [0.05, 0.1) is 12.8 Å². The van der Waals surface area contributed by atoms with Crippen LogP contribution in [0.25, 0.3) is 0 Å². The molecule has 0 aliphatic rings. The molecular formula is C30H37FN4O5S. The number of halogens is 1. The molecule has 3 aromatic rings. The van der Waals surface area contributed by atoms with E-state index in [0.29, 0.717) is 11.3 Å². The molecule has 1 N–H and O–H groups in total. The van der Waals surface area contributed by atoms with Gasteiger partial charge < -0.3 is 15.0 Å². The topological polar surface area (TPSA) is 99.3 Å². The summed E-state index contributed by atoms with van der Waals surface area (Å²) >= 11 is 0. The second kappa shape index (κ2) is 14.1. The highest BCUT2D eigenvalue weighted by molar-refractivity contribution is 7.90. The van der Waals surface area contributed by atoms with Crippen molar-refractivity contribution >= 4 is 27.7 Å². The third kappa shape index (κ3) is 8.27. The molecule has 0 radical (unpaired) electrons. The van der Waals surface area contributed by atoms with Crippen LogP contribution in [0.2, 0.25) is 0 Å². The van der Waals surface area contributed by atoms with E-state index >= 15 is 0 Å². The molecule has 9 nitrogen and oxygen atoms in total. The summed E-state index contributed by atoms with van der Waals surface area (Å²) in [6, 6.07) is 20.4. The highest BCUT2D eigenvalue weighted by atomic mass is 32.2. The Hall–Kier alpha value is -3.96. The molecule has 1 atom stereocenters. The highest BCUT2D eigenvalue weighted by Gasteiger charge is 2.35. The SMILES string of the molecule is COc1cccc(CN(C(=O)CN(c2ccccc2F)S(=O)(=O)N(C)C)C(Cc2ccccc2)C(=O)NC(C)C)c1. The van der Waals surface area contributed by atoms with Gasteiger partial charge in [-0.25, -0.2) is 8.70 Å². The lowest BCUT2D eigenvalue weighted by Gasteiger charge is -2.34.